The van der Waals surface area contributed by atoms with Crippen LogP contribution in [0.4, 0.5) is 0 Å². The zero-order valence-electron chi connectivity index (χ0n) is 18.2. The molecule has 0 heterocycles. The van der Waals surface area contributed by atoms with Gasteiger partial charge in [-0.3, -0.25) is 19.2 Å². The standard InChI is InChI=1S/C25H25N3O6/c26-24(33)20(12-16-5-8-17-3-1-2-4-18(17)11-16)28-25(34)21(14-23(31)32)27-22(30)13-15-6-9-19(29)10-7-15/h1-11,20-21,29H,12-14H2,(H2,26,33)(H,27,30)(H,28,34)(H,31,32)/t20-,21-/m0/s1. The predicted molar refractivity (Wildman–Crippen MR) is 125 cm³/mol. The number of primary amides is 1. The fourth-order valence-corrected chi connectivity index (χ4v) is 3.52. The third-order valence-corrected chi connectivity index (χ3v) is 5.25. The molecule has 0 saturated heterocycles. The number of aromatic hydroxyl groups is 1. The van der Waals surface area contributed by atoms with E-state index in [2.05, 4.69) is 10.6 Å². The van der Waals surface area contributed by atoms with E-state index in [9.17, 15) is 29.4 Å². The van der Waals surface area contributed by atoms with Crippen molar-refractivity contribution < 1.29 is 29.4 Å². The number of phenols is 1. The Hall–Kier alpha value is -4.40. The molecule has 2 atom stereocenters. The van der Waals surface area contributed by atoms with Crippen molar-refractivity contribution in [3.05, 3.63) is 77.9 Å². The lowest BCUT2D eigenvalue weighted by Crippen LogP contribution is -2.54. The van der Waals surface area contributed by atoms with Crippen molar-refractivity contribution in [2.45, 2.75) is 31.3 Å². The van der Waals surface area contributed by atoms with Crippen molar-refractivity contribution in [3.63, 3.8) is 0 Å². The summed E-state index contributed by atoms with van der Waals surface area (Å²) in [5.41, 5.74) is 6.81. The molecular weight excluding hydrogens is 438 g/mol. The second kappa shape index (κ2) is 11.0. The van der Waals surface area contributed by atoms with E-state index >= 15 is 0 Å². The van der Waals surface area contributed by atoms with Crippen LogP contribution in [0.2, 0.25) is 0 Å². The molecule has 3 aromatic rings. The second-order valence-electron chi connectivity index (χ2n) is 7.91. The van der Waals surface area contributed by atoms with Crippen molar-refractivity contribution >= 4 is 34.5 Å². The minimum Gasteiger partial charge on any atom is -0.508 e. The molecule has 0 aliphatic carbocycles. The number of phenolic OH excluding ortho intramolecular Hbond substituents is 1. The van der Waals surface area contributed by atoms with Gasteiger partial charge in [-0.2, -0.15) is 0 Å². The lowest BCUT2D eigenvalue weighted by molar-refractivity contribution is -0.140. The molecule has 0 bridgehead atoms. The van der Waals surface area contributed by atoms with E-state index in [0.717, 1.165) is 16.3 Å². The van der Waals surface area contributed by atoms with Crippen molar-refractivity contribution in [1.82, 2.24) is 10.6 Å². The summed E-state index contributed by atoms with van der Waals surface area (Å²) in [6.45, 7) is 0. The lowest BCUT2D eigenvalue weighted by atomic mass is 10.0. The van der Waals surface area contributed by atoms with E-state index in [1.165, 1.54) is 24.3 Å². The van der Waals surface area contributed by atoms with Crippen LogP contribution in [0.1, 0.15) is 17.5 Å². The van der Waals surface area contributed by atoms with Gasteiger partial charge in [0.1, 0.15) is 17.8 Å². The van der Waals surface area contributed by atoms with Crippen LogP contribution in [-0.2, 0) is 32.0 Å². The van der Waals surface area contributed by atoms with Crippen LogP contribution in [0.3, 0.4) is 0 Å². The third kappa shape index (κ3) is 6.80. The Morgan fingerprint density at radius 1 is 0.824 bits per heavy atom. The van der Waals surface area contributed by atoms with Crippen molar-refractivity contribution in [1.29, 1.82) is 0 Å². The molecule has 176 valence electrons. The average molecular weight is 463 g/mol. The van der Waals surface area contributed by atoms with Crippen molar-refractivity contribution in [3.8, 4) is 5.75 Å². The van der Waals surface area contributed by atoms with E-state index < -0.39 is 42.2 Å². The van der Waals surface area contributed by atoms with Gasteiger partial charge in [-0.05, 0) is 34.0 Å². The average Bonchev–Trinajstić information content (AvgIpc) is 2.79. The first-order valence-corrected chi connectivity index (χ1v) is 10.6. The van der Waals surface area contributed by atoms with Crippen molar-refractivity contribution in [2.75, 3.05) is 0 Å². The number of amides is 3. The van der Waals surface area contributed by atoms with Crippen LogP contribution in [0.25, 0.3) is 10.8 Å². The Bertz CT molecular complexity index is 1210. The molecule has 0 fully saturated rings. The zero-order valence-corrected chi connectivity index (χ0v) is 18.2. The maximum absolute atomic E-state index is 12.8. The molecule has 0 radical (unpaired) electrons. The predicted octanol–water partition coefficient (Wildman–Crippen LogP) is 1.26. The SMILES string of the molecule is NC(=O)[C@H](Cc1ccc2ccccc2c1)NC(=O)[C@H](CC(=O)O)NC(=O)Cc1ccc(O)cc1. The maximum atomic E-state index is 12.8. The number of carboxylic acids is 1. The quantitative estimate of drug-likeness (QED) is 0.304. The molecule has 3 amide bonds. The number of carboxylic acid groups (broad SMARTS) is 1. The summed E-state index contributed by atoms with van der Waals surface area (Å²) in [6.07, 6.45) is -0.693. The van der Waals surface area contributed by atoms with E-state index in [-0.39, 0.29) is 18.6 Å². The monoisotopic (exact) mass is 463 g/mol. The molecule has 3 rings (SSSR count). The molecule has 9 nitrogen and oxygen atoms in total. The summed E-state index contributed by atoms with van der Waals surface area (Å²) in [6, 6.07) is 16.6. The molecular formula is C25H25N3O6. The number of hydrogen-bond acceptors (Lipinski definition) is 5. The molecule has 0 aliphatic heterocycles. The Kier molecular flexibility index (Phi) is 7.81. The van der Waals surface area contributed by atoms with Gasteiger partial charge in [0.05, 0.1) is 12.8 Å². The summed E-state index contributed by atoms with van der Waals surface area (Å²) in [5.74, 6) is -3.46. The number of carbonyl (C=O) groups is 4. The highest BCUT2D eigenvalue weighted by atomic mass is 16.4. The van der Waals surface area contributed by atoms with Gasteiger partial charge in [-0.25, -0.2) is 0 Å². The first-order valence-electron chi connectivity index (χ1n) is 10.6. The van der Waals surface area contributed by atoms with Crippen LogP contribution in [0, 0.1) is 0 Å². The molecule has 3 aromatic carbocycles. The summed E-state index contributed by atoms with van der Waals surface area (Å²) in [4.78, 5) is 48.5. The minimum atomic E-state index is -1.40. The third-order valence-electron chi connectivity index (χ3n) is 5.25. The first-order chi connectivity index (χ1) is 16.2. The highest BCUT2D eigenvalue weighted by Crippen LogP contribution is 2.17. The van der Waals surface area contributed by atoms with Crippen molar-refractivity contribution in [2.24, 2.45) is 5.73 Å². The van der Waals surface area contributed by atoms with Gasteiger partial charge in [0, 0.05) is 6.42 Å². The molecule has 0 spiro atoms. The molecule has 34 heavy (non-hydrogen) atoms. The Morgan fingerprint density at radius 3 is 2.12 bits per heavy atom. The summed E-state index contributed by atoms with van der Waals surface area (Å²) in [7, 11) is 0. The van der Waals surface area contributed by atoms with Gasteiger partial charge in [-0.1, -0.05) is 54.6 Å². The zero-order chi connectivity index (χ0) is 24.7. The maximum Gasteiger partial charge on any atom is 0.305 e. The summed E-state index contributed by atoms with van der Waals surface area (Å²) in [5, 5.41) is 25.4. The fraction of sp³-hybridized carbons (Fsp3) is 0.200. The molecule has 0 aliphatic rings. The Balaban J connectivity index is 1.69. The molecule has 0 saturated carbocycles. The Morgan fingerprint density at radius 2 is 1.47 bits per heavy atom. The highest BCUT2D eigenvalue weighted by molar-refractivity contribution is 5.94. The van der Waals surface area contributed by atoms with E-state index in [0.29, 0.717) is 5.56 Å². The number of aliphatic carboxylic acids is 1. The number of carbonyl (C=O) groups excluding carboxylic acids is 3. The topological polar surface area (TPSA) is 159 Å². The molecule has 9 heteroatoms. The fourth-order valence-electron chi connectivity index (χ4n) is 3.52. The number of nitrogens with one attached hydrogen (secondary N) is 2. The van der Waals surface area contributed by atoms with E-state index in [4.69, 9.17) is 5.73 Å². The van der Waals surface area contributed by atoms with Crippen LogP contribution in [-0.4, -0.2) is 46.0 Å². The normalized spacial score (nSPS) is 12.5. The first kappa shape index (κ1) is 24.2. The molecule has 6 N–H and O–H groups in total. The highest BCUT2D eigenvalue weighted by Gasteiger charge is 2.28. The van der Waals surface area contributed by atoms with Gasteiger partial charge in [0.15, 0.2) is 0 Å². The summed E-state index contributed by atoms with van der Waals surface area (Å²) < 4.78 is 0. The number of rotatable bonds is 10. The van der Waals surface area contributed by atoms with Gasteiger partial charge in [0.2, 0.25) is 17.7 Å². The van der Waals surface area contributed by atoms with Crippen LogP contribution >= 0.6 is 0 Å². The number of nitrogens with two attached hydrogens (primary N) is 1. The number of hydrogen-bond donors (Lipinski definition) is 5. The molecule has 0 aromatic heterocycles. The van der Waals surface area contributed by atoms with Crippen LogP contribution < -0.4 is 16.4 Å². The molecule has 0 unspecified atom stereocenters. The smallest absolute Gasteiger partial charge is 0.305 e. The van der Waals surface area contributed by atoms with E-state index in [1.807, 2.05) is 42.5 Å². The summed E-state index contributed by atoms with van der Waals surface area (Å²) >= 11 is 0. The minimum absolute atomic E-state index is 0.0381. The largest absolute Gasteiger partial charge is 0.508 e. The van der Waals surface area contributed by atoms with Gasteiger partial charge < -0.3 is 26.6 Å². The van der Waals surface area contributed by atoms with Crippen LogP contribution in [0.5, 0.6) is 5.75 Å². The number of fused-ring (bicyclic) bond motifs is 1. The van der Waals surface area contributed by atoms with Crippen LogP contribution in [0.15, 0.2) is 66.7 Å². The lowest BCUT2D eigenvalue weighted by Gasteiger charge is -2.21. The van der Waals surface area contributed by atoms with Gasteiger partial charge in [-0.15, -0.1) is 0 Å². The van der Waals surface area contributed by atoms with Gasteiger partial charge >= 0.3 is 5.97 Å². The Labute approximate surface area is 195 Å². The van der Waals surface area contributed by atoms with E-state index in [1.54, 1.807) is 0 Å². The van der Waals surface area contributed by atoms with Gasteiger partial charge in [0.25, 0.3) is 0 Å². The second-order valence-corrected chi connectivity index (χ2v) is 7.91. The number of benzene rings is 3.